The van der Waals surface area contributed by atoms with Crippen LogP contribution in [0.2, 0.25) is 0 Å². The second kappa shape index (κ2) is 9.99. The molecule has 3 rings (SSSR count). The van der Waals surface area contributed by atoms with Gasteiger partial charge in [-0.3, -0.25) is 4.79 Å². The predicted octanol–water partition coefficient (Wildman–Crippen LogP) is 3.43. The first-order valence-corrected chi connectivity index (χ1v) is 9.84. The van der Waals surface area contributed by atoms with Gasteiger partial charge in [0.15, 0.2) is 11.5 Å². The van der Waals surface area contributed by atoms with E-state index in [1.807, 2.05) is 4.90 Å². The zero-order valence-electron chi connectivity index (χ0n) is 16.5. The molecule has 1 N–H and O–H groups in total. The standard InChI is InChI=1S/C22H26N2O5/c1-27-21-13-16(15-23)8-9-20(21)29-12-4-7-22(26)24-10-2-5-17(24)14-18(25)19-6-3-11-28-19/h3,6,8-9,11,13,17-18,25H,2,4-5,7,10,12,14H2,1H3. The minimum atomic E-state index is -0.699. The number of nitriles is 1. The van der Waals surface area contributed by atoms with Crippen molar-refractivity contribution in [3.63, 3.8) is 0 Å². The number of aliphatic hydroxyl groups excluding tert-OH is 1. The maximum atomic E-state index is 12.6. The fraction of sp³-hybridized carbons (Fsp3) is 0.455. The van der Waals surface area contributed by atoms with Crippen LogP contribution in [0.5, 0.6) is 11.5 Å². The lowest BCUT2D eigenvalue weighted by Crippen LogP contribution is -2.36. The highest BCUT2D eigenvalue weighted by Gasteiger charge is 2.30. The van der Waals surface area contributed by atoms with Gasteiger partial charge >= 0.3 is 0 Å². The Kier molecular flexibility index (Phi) is 7.14. The Labute approximate surface area is 170 Å². The van der Waals surface area contributed by atoms with Crippen LogP contribution in [0.3, 0.4) is 0 Å². The first-order valence-electron chi connectivity index (χ1n) is 9.84. The van der Waals surface area contributed by atoms with Crippen molar-refractivity contribution in [2.45, 2.75) is 44.2 Å². The van der Waals surface area contributed by atoms with Crippen molar-refractivity contribution in [1.82, 2.24) is 4.90 Å². The average molecular weight is 398 g/mol. The molecule has 1 aliphatic heterocycles. The Bertz CT molecular complexity index is 843. The van der Waals surface area contributed by atoms with Gasteiger partial charge in [-0.1, -0.05) is 0 Å². The van der Waals surface area contributed by atoms with Crippen LogP contribution >= 0.6 is 0 Å². The van der Waals surface area contributed by atoms with E-state index in [0.717, 1.165) is 19.4 Å². The van der Waals surface area contributed by atoms with E-state index in [4.69, 9.17) is 19.2 Å². The third kappa shape index (κ3) is 5.30. The van der Waals surface area contributed by atoms with Gasteiger partial charge in [-0.15, -0.1) is 0 Å². The number of furan rings is 1. The lowest BCUT2D eigenvalue weighted by atomic mass is 10.0. The summed E-state index contributed by atoms with van der Waals surface area (Å²) in [6.45, 7) is 1.10. The van der Waals surface area contributed by atoms with Crippen LogP contribution in [-0.2, 0) is 4.79 Å². The highest BCUT2D eigenvalue weighted by atomic mass is 16.5. The minimum Gasteiger partial charge on any atom is -0.493 e. The van der Waals surface area contributed by atoms with E-state index in [2.05, 4.69) is 6.07 Å². The van der Waals surface area contributed by atoms with Crippen molar-refractivity contribution in [3.05, 3.63) is 47.9 Å². The van der Waals surface area contributed by atoms with E-state index in [-0.39, 0.29) is 11.9 Å². The highest BCUT2D eigenvalue weighted by Crippen LogP contribution is 2.29. The number of amides is 1. The van der Waals surface area contributed by atoms with Crippen molar-refractivity contribution in [1.29, 1.82) is 5.26 Å². The fourth-order valence-electron chi connectivity index (χ4n) is 3.67. The van der Waals surface area contributed by atoms with Crippen LogP contribution < -0.4 is 9.47 Å². The van der Waals surface area contributed by atoms with Gasteiger partial charge in [0.2, 0.25) is 5.91 Å². The van der Waals surface area contributed by atoms with E-state index >= 15 is 0 Å². The summed E-state index contributed by atoms with van der Waals surface area (Å²) in [7, 11) is 1.53. The third-order valence-corrected chi connectivity index (χ3v) is 5.15. The molecule has 0 saturated carbocycles. The van der Waals surface area contributed by atoms with Gasteiger partial charge < -0.3 is 23.9 Å². The summed E-state index contributed by atoms with van der Waals surface area (Å²) < 4.78 is 16.2. The summed E-state index contributed by atoms with van der Waals surface area (Å²) in [6, 6.07) is 10.6. The summed E-state index contributed by atoms with van der Waals surface area (Å²) >= 11 is 0. The lowest BCUT2D eigenvalue weighted by molar-refractivity contribution is -0.132. The van der Waals surface area contributed by atoms with Crippen molar-refractivity contribution in [2.75, 3.05) is 20.3 Å². The van der Waals surface area contributed by atoms with E-state index < -0.39 is 6.10 Å². The van der Waals surface area contributed by atoms with Crippen LogP contribution in [0, 0.1) is 11.3 Å². The number of hydrogen-bond acceptors (Lipinski definition) is 6. The SMILES string of the molecule is COc1cc(C#N)ccc1OCCCC(=O)N1CCCC1CC(O)c1ccco1. The zero-order valence-corrected chi connectivity index (χ0v) is 16.5. The molecule has 0 spiro atoms. The molecule has 0 bridgehead atoms. The summed E-state index contributed by atoms with van der Waals surface area (Å²) in [5.74, 6) is 1.67. The van der Waals surface area contributed by atoms with E-state index in [1.165, 1.54) is 7.11 Å². The fourth-order valence-corrected chi connectivity index (χ4v) is 3.67. The Morgan fingerprint density at radius 3 is 3.00 bits per heavy atom. The molecule has 2 heterocycles. The summed E-state index contributed by atoms with van der Waals surface area (Å²) in [4.78, 5) is 14.5. The topological polar surface area (TPSA) is 95.9 Å². The Morgan fingerprint density at radius 2 is 2.28 bits per heavy atom. The molecule has 7 nitrogen and oxygen atoms in total. The Balaban J connectivity index is 1.46. The van der Waals surface area contributed by atoms with Gasteiger partial charge in [0.05, 0.1) is 31.6 Å². The molecule has 29 heavy (non-hydrogen) atoms. The second-order valence-corrected chi connectivity index (χ2v) is 7.08. The van der Waals surface area contributed by atoms with Crippen LogP contribution in [-0.4, -0.2) is 42.2 Å². The number of methoxy groups -OCH3 is 1. The molecule has 1 aliphatic rings. The van der Waals surface area contributed by atoms with Gasteiger partial charge in [0.25, 0.3) is 0 Å². The molecule has 0 radical (unpaired) electrons. The van der Waals surface area contributed by atoms with E-state index in [0.29, 0.717) is 48.7 Å². The van der Waals surface area contributed by atoms with E-state index in [1.54, 1.807) is 36.6 Å². The van der Waals surface area contributed by atoms with Gasteiger partial charge in [-0.25, -0.2) is 0 Å². The molecule has 7 heteroatoms. The number of likely N-dealkylation sites (tertiary alicyclic amines) is 1. The van der Waals surface area contributed by atoms with Crippen molar-refractivity contribution in [3.8, 4) is 17.6 Å². The molecule has 1 fully saturated rings. The van der Waals surface area contributed by atoms with Crippen molar-refractivity contribution in [2.24, 2.45) is 0 Å². The minimum absolute atomic E-state index is 0.0298. The molecular weight excluding hydrogens is 372 g/mol. The summed E-state index contributed by atoms with van der Waals surface area (Å²) in [5, 5.41) is 19.3. The zero-order chi connectivity index (χ0) is 20.6. The number of ether oxygens (including phenoxy) is 2. The normalized spacial score (nSPS) is 17.0. The van der Waals surface area contributed by atoms with Crippen LogP contribution in [0.1, 0.15) is 49.5 Å². The van der Waals surface area contributed by atoms with Crippen molar-refractivity contribution < 1.29 is 23.8 Å². The summed E-state index contributed by atoms with van der Waals surface area (Å²) in [6.07, 6.45) is 4.12. The molecule has 154 valence electrons. The molecule has 0 aliphatic carbocycles. The first kappa shape index (κ1) is 20.7. The molecule has 2 unspecified atom stereocenters. The third-order valence-electron chi connectivity index (χ3n) is 5.15. The Hall–Kier alpha value is -2.98. The maximum Gasteiger partial charge on any atom is 0.222 e. The average Bonchev–Trinajstić information content (AvgIpc) is 3.43. The first-order chi connectivity index (χ1) is 14.1. The van der Waals surface area contributed by atoms with Crippen LogP contribution in [0.25, 0.3) is 0 Å². The molecule has 1 amide bonds. The lowest BCUT2D eigenvalue weighted by Gasteiger charge is -2.26. The number of carbonyl (C=O) groups excluding carboxylic acids is 1. The smallest absolute Gasteiger partial charge is 0.222 e. The van der Waals surface area contributed by atoms with Gasteiger partial charge in [0, 0.05) is 31.5 Å². The van der Waals surface area contributed by atoms with E-state index in [9.17, 15) is 9.90 Å². The predicted molar refractivity (Wildman–Crippen MR) is 105 cm³/mol. The van der Waals surface area contributed by atoms with Crippen LogP contribution in [0.4, 0.5) is 0 Å². The molecule has 2 aromatic rings. The number of nitrogens with zero attached hydrogens (tertiary/aromatic N) is 2. The number of aliphatic hydroxyl groups is 1. The Morgan fingerprint density at radius 1 is 1.41 bits per heavy atom. The largest absolute Gasteiger partial charge is 0.493 e. The molecule has 1 aromatic carbocycles. The number of hydrogen-bond donors (Lipinski definition) is 1. The van der Waals surface area contributed by atoms with Crippen molar-refractivity contribution >= 4 is 5.91 Å². The molecular formula is C22H26N2O5. The molecule has 2 atom stereocenters. The molecule has 1 saturated heterocycles. The monoisotopic (exact) mass is 398 g/mol. The molecule has 1 aromatic heterocycles. The number of carbonyl (C=O) groups is 1. The second-order valence-electron chi connectivity index (χ2n) is 7.08. The van der Waals surface area contributed by atoms with Crippen LogP contribution in [0.15, 0.2) is 41.0 Å². The van der Waals surface area contributed by atoms with Gasteiger partial charge in [0.1, 0.15) is 11.9 Å². The van der Waals surface area contributed by atoms with Gasteiger partial charge in [-0.05, 0) is 43.5 Å². The highest BCUT2D eigenvalue weighted by molar-refractivity contribution is 5.76. The quantitative estimate of drug-likeness (QED) is 0.650. The number of rotatable bonds is 9. The summed E-state index contributed by atoms with van der Waals surface area (Å²) in [5.41, 5.74) is 0.501. The van der Waals surface area contributed by atoms with Gasteiger partial charge in [-0.2, -0.15) is 5.26 Å². The number of benzene rings is 1. The maximum absolute atomic E-state index is 12.6.